The lowest BCUT2D eigenvalue weighted by atomic mass is 10.1. The van der Waals surface area contributed by atoms with Gasteiger partial charge >= 0.3 is 5.97 Å². The summed E-state index contributed by atoms with van der Waals surface area (Å²) < 4.78 is 24.9. The number of aromatic carboxylic acids is 1. The number of hydrogen-bond donors (Lipinski definition) is 2. The number of nitrogens with zero attached hydrogens (tertiary/aromatic N) is 1. The molecule has 1 unspecified atom stereocenters. The third-order valence-corrected chi connectivity index (χ3v) is 5.88. The van der Waals surface area contributed by atoms with Gasteiger partial charge in [0.2, 0.25) is 0 Å². The molecule has 1 atom stereocenters. The topological polar surface area (TPSA) is 101 Å². The molecule has 0 aliphatic rings. The number of rotatable bonds is 6. The highest BCUT2D eigenvalue weighted by Gasteiger charge is 2.24. The van der Waals surface area contributed by atoms with E-state index in [0.29, 0.717) is 16.1 Å². The minimum absolute atomic E-state index is 0.0660. The van der Waals surface area contributed by atoms with Gasteiger partial charge in [-0.1, -0.05) is 42.5 Å². The van der Waals surface area contributed by atoms with Crippen molar-refractivity contribution in [3.8, 4) is 10.4 Å². The molecular weight excluding hydrogens is 386 g/mol. The maximum absolute atomic E-state index is 12.0. The third kappa shape index (κ3) is 3.93. The van der Waals surface area contributed by atoms with Gasteiger partial charge in [-0.05, 0) is 35.7 Å². The predicted molar refractivity (Wildman–Crippen MR) is 105 cm³/mol. The molecule has 8 heteroatoms. The molecule has 0 fully saturated rings. The Bertz CT molecular complexity index is 998. The summed E-state index contributed by atoms with van der Waals surface area (Å²) in [5.74, 6) is -1.20. The molecule has 0 aliphatic heterocycles. The van der Waals surface area contributed by atoms with Gasteiger partial charge in [-0.3, -0.25) is 8.51 Å². The second kappa shape index (κ2) is 8.01. The predicted octanol–water partition coefficient (Wildman–Crippen LogP) is 3.85. The number of aliphatic hydroxyl groups is 1. The minimum atomic E-state index is -2.70. The van der Waals surface area contributed by atoms with Crippen molar-refractivity contribution in [3.63, 3.8) is 0 Å². The first-order chi connectivity index (χ1) is 12.9. The van der Waals surface area contributed by atoms with Gasteiger partial charge in [0.15, 0.2) is 0 Å². The highest BCUT2D eigenvalue weighted by Crippen LogP contribution is 2.41. The van der Waals surface area contributed by atoms with Gasteiger partial charge < -0.3 is 14.8 Å². The van der Waals surface area contributed by atoms with E-state index in [1.807, 2.05) is 0 Å². The van der Waals surface area contributed by atoms with E-state index in [-0.39, 0.29) is 17.2 Å². The number of aryl methyl sites for hydroxylation is 1. The Hall–Kier alpha value is -2.52. The fourth-order valence-electron chi connectivity index (χ4n) is 2.68. The van der Waals surface area contributed by atoms with Gasteiger partial charge in [-0.15, -0.1) is 11.3 Å². The van der Waals surface area contributed by atoms with Crippen LogP contribution < -0.4 is 4.31 Å². The van der Waals surface area contributed by atoms with Crippen molar-refractivity contribution in [1.82, 2.24) is 0 Å². The lowest BCUT2D eigenvalue weighted by Gasteiger charge is -2.27. The number of thiophene rings is 1. The second-order valence-corrected chi connectivity index (χ2v) is 7.63. The number of hydrogen-bond acceptors (Lipinski definition) is 5. The summed E-state index contributed by atoms with van der Waals surface area (Å²) in [5, 5.41) is 18.8. The van der Waals surface area contributed by atoms with E-state index >= 15 is 0 Å². The summed E-state index contributed by atoms with van der Waals surface area (Å²) in [6.07, 6.45) is 0. The summed E-state index contributed by atoms with van der Waals surface area (Å²) in [6, 6.07) is 15.4. The molecule has 0 saturated heterocycles. The normalized spacial score (nSPS) is 12.0. The summed E-state index contributed by atoms with van der Waals surface area (Å²) in [4.78, 5) is 12.3. The zero-order valence-electron chi connectivity index (χ0n) is 14.3. The number of carbonyl (C=O) groups is 1. The lowest BCUT2D eigenvalue weighted by molar-refractivity contribution is 0.0703. The Morgan fingerprint density at radius 1 is 1.15 bits per heavy atom. The molecule has 1 aromatic heterocycles. The zero-order valence-corrected chi connectivity index (χ0v) is 15.9. The molecule has 1 heterocycles. The summed E-state index contributed by atoms with van der Waals surface area (Å²) in [5.41, 5.74) is 2.67. The van der Waals surface area contributed by atoms with E-state index in [1.54, 1.807) is 61.5 Å². The standard InChI is InChI=1S/C19H17NO5S2/c1-12-4-2-3-5-15(12)20(27(24)25)16-10-17(26-18(16)19(22)23)14-8-6-13(11-21)7-9-14/h2-10,21H,11H2,1H3,(H,22,23)(H,24,25)/p-1. The minimum Gasteiger partial charge on any atom is -0.755 e. The summed E-state index contributed by atoms with van der Waals surface area (Å²) >= 11 is -1.69. The fourth-order valence-corrected chi connectivity index (χ4v) is 4.40. The van der Waals surface area contributed by atoms with Crippen molar-refractivity contribution in [1.29, 1.82) is 0 Å². The Morgan fingerprint density at radius 2 is 1.81 bits per heavy atom. The van der Waals surface area contributed by atoms with Crippen LogP contribution in [-0.4, -0.2) is 24.9 Å². The van der Waals surface area contributed by atoms with Crippen molar-refractivity contribution in [2.75, 3.05) is 4.31 Å². The van der Waals surface area contributed by atoms with E-state index in [0.717, 1.165) is 26.8 Å². The number of anilines is 2. The van der Waals surface area contributed by atoms with Gasteiger partial charge in [0.25, 0.3) is 0 Å². The average Bonchev–Trinajstić information content (AvgIpc) is 3.08. The molecule has 6 nitrogen and oxygen atoms in total. The van der Waals surface area contributed by atoms with Crippen LogP contribution in [-0.2, 0) is 17.9 Å². The zero-order chi connectivity index (χ0) is 19.6. The molecule has 140 valence electrons. The Labute approximate surface area is 162 Å². The van der Waals surface area contributed by atoms with E-state index in [9.17, 15) is 18.7 Å². The summed E-state index contributed by atoms with van der Waals surface area (Å²) in [7, 11) is 0. The Kier molecular flexibility index (Phi) is 5.71. The van der Waals surface area contributed by atoms with Gasteiger partial charge in [-0.2, -0.15) is 0 Å². The Balaban J connectivity index is 2.15. The molecule has 0 aliphatic carbocycles. The highest BCUT2D eigenvalue weighted by molar-refractivity contribution is 7.81. The van der Waals surface area contributed by atoms with Crippen LogP contribution in [0.5, 0.6) is 0 Å². The van der Waals surface area contributed by atoms with Crippen LogP contribution in [0.15, 0.2) is 54.6 Å². The number of benzene rings is 2. The van der Waals surface area contributed by atoms with Gasteiger partial charge in [0.05, 0.1) is 29.2 Å². The molecule has 3 rings (SSSR count). The molecule has 3 aromatic rings. The van der Waals surface area contributed by atoms with Gasteiger partial charge in [0.1, 0.15) is 4.88 Å². The van der Waals surface area contributed by atoms with Crippen molar-refractivity contribution in [3.05, 3.63) is 70.6 Å². The first-order valence-electron chi connectivity index (χ1n) is 7.94. The van der Waals surface area contributed by atoms with Crippen LogP contribution in [0.1, 0.15) is 20.8 Å². The SMILES string of the molecule is Cc1ccccc1N(c1cc(-c2ccc(CO)cc2)sc1C(=O)O)S(=O)[O-]. The molecule has 0 amide bonds. The molecular formula is C19H16NO5S2-. The van der Waals surface area contributed by atoms with Crippen molar-refractivity contribution in [2.45, 2.75) is 13.5 Å². The smallest absolute Gasteiger partial charge is 0.348 e. The maximum atomic E-state index is 12.0. The molecule has 27 heavy (non-hydrogen) atoms. The van der Waals surface area contributed by atoms with Crippen molar-refractivity contribution < 1.29 is 23.8 Å². The molecule has 0 spiro atoms. The van der Waals surface area contributed by atoms with Crippen LogP contribution in [0.3, 0.4) is 0 Å². The van der Waals surface area contributed by atoms with E-state index in [1.165, 1.54) is 0 Å². The van der Waals surface area contributed by atoms with Crippen LogP contribution >= 0.6 is 11.3 Å². The fraction of sp³-hybridized carbons (Fsp3) is 0.105. The van der Waals surface area contributed by atoms with E-state index in [2.05, 4.69) is 0 Å². The van der Waals surface area contributed by atoms with Crippen LogP contribution in [0.4, 0.5) is 11.4 Å². The number of carboxylic acid groups (broad SMARTS) is 1. The van der Waals surface area contributed by atoms with Gasteiger partial charge in [-0.25, -0.2) is 4.79 Å². The number of carboxylic acids is 1. The molecule has 2 aromatic carbocycles. The first-order valence-corrected chi connectivity index (χ1v) is 9.79. The maximum Gasteiger partial charge on any atom is 0.348 e. The molecule has 0 saturated carbocycles. The Morgan fingerprint density at radius 3 is 2.37 bits per heavy atom. The van der Waals surface area contributed by atoms with E-state index < -0.39 is 17.2 Å². The quantitative estimate of drug-likeness (QED) is 0.610. The first kappa shape index (κ1) is 19.2. The van der Waals surface area contributed by atoms with Crippen LogP contribution in [0.25, 0.3) is 10.4 Å². The molecule has 0 radical (unpaired) electrons. The third-order valence-electron chi connectivity index (χ3n) is 4.03. The monoisotopic (exact) mass is 402 g/mol. The lowest BCUT2D eigenvalue weighted by Crippen LogP contribution is -2.21. The highest BCUT2D eigenvalue weighted by atomic mass is 32.2. The van der Waals surface area contributed by atoms with Crippen molar-refractivity contribution >= 4 is 39.9 Å². The number of aliphatic hydroxyl groups excluding tert-OH is 1. The van der Waals surface area contributed by atoms with Crippen LogP contribution in [0, 0.1) is 6.92 Å². The van der Waals surface area contributed by atoms with E-state index in [4.69, 9.17) is 5.11 Å². The summed E-state index contributed by atoms with van der Waals surface area (Å²) in [6.45, 7) is 1.67. The average molecular weight is 402 g/mol. The van der Waals surface area contributed by atoms with Crippen LogP contribution in [0.2, 0.25) is 0 Å². The number of para-hydroxylation sites is 1. The molecule has 2 N–H and O–H groups in total. The molecule has 0 bridgehead atoms. The van der Waals surface area contributed by atoms with Crippen molar-refractivity contribution in [2.24, 2.45) is 0 Å². The van der Waals surface area contributed by atoms with Gasteiger partial charge in [0, 0.05) is 4.88 Å². The second-order valence-electron chi connectivity index (χ2n) is 5.78. The largest absolute Gasteiger partial charge is 0.755 e.